The van der Waals surface area contributed by atoms with Crippen molar-refractivity contribution < 1.29 is 10.2 Å². The number of nitrogens with one attached hydrogen (secondary N) is 1. The van der Waals surface area contributed by atoms with Crippen LogP contribution in [0.5, 0.6) is 0 Å². The van der Waals surface area contributed by atoms with Crippen molar-refractivity contribution in [3.8, 4) is 0 Å². The molecule has 1 fully saturated rings. The minimum absolute atomic E-state index is 0.0594. The van der Waals surface area contributed by atoms with Crippen molar-refractivity contribution in [2.75, 3.05) is 6.61 Å². The first-order valence-corrected chi connectivity index (χ1v) is 6.63. The molecule has 0 bridgehead atoms. The molecule has 0 spiro atoms. The molecule has 100 valence electrons. The molecule has 1 aromatic rings. The summed E-state index contributed by atoms with van der Waals surface area (Å²) >= 11 is 0. The molecule has 3 N–H and O–H groups in total. The molecule has 2 rings (SSSR count). The molecular formula is C15H23NO2. The highest BCUT2D eigenvalue weighted by molar-refractivity contribution is 5.16. The van der Waals surface area contributed by atoms with Gasteiger partial charge in [-0.1, -0.05) is 44.2 Å². The zero-order valence-corrected chi connectivity index (χ0v) is 11.1. The average Bonchev–Trinajstić information content (AvgIpc) is 2.38. The summed E-state index contributed by atoms with van der Waals surface area (Å²) in [6.45, 7) is 4.25. The maximum atomic E-state index is 9.72. The lowest BCUT2D eigenvalue weighted by Gasteiger charge is -2.50. The van der Waals surface area contributed by atoms with Gasteiger partial charge in [0.05, 0.1) is 12.7 Å². The molecule has 0 aromatic heterocycles. The van der Waals surface area contributed by atoms with Crippen LogP contribution in [0.4, 0.5) is 0 Å². The molecule has 1 saturated carbocycles. The van der Waals surface area contributed by atoms with Crippen molar-refractivity contribution in [3.05, 3.63) is 35.9 Å². The van der Waals surface area contributed by atoms with Gasteiger partial charge in [0.2, 0.25) is 0 Å². The Labute approximate surface area is 109 Å². The molecule has 3 nitrogen and oxygen atoms in total. The highest BCUT2D eigenvalue weighted by Gasteiger charge is 2.47. The number of aliphatic hydroxyl groups excluding tert-OH is 2. The first kappa shape index (κ1) is 13.5. The maximum Gasteiger partial charge on any atom is 0.0621 e. The maximum absolute atomic E-state index is 9.72. The number of rotatable bonds is 5. The van der Waals surface area contributed by atoms with E-state index in [4.69, 9.17) is 0 Å². The van der Waals surface area contributed by atoms with Gasteiger partial charge in [0.25, 0.3) is 0 Å². The number of benzene rings is 1. The summed E-state index contributed by atoms with van der Waals surface area (Å²) in [6.07, 6.45) is 1.37. The van der Waals surface area contributed by atoms with Gasteiger partial charge in [0.1, 0.15) is 0 Å². The first-order chi connectivity index (χ1) is 8.54. The van der Waals surface area contributed by atoms with Crippen LogP contribution in [0.2, 0.25) is 0 Å². The summed E-state index contributed by atoms with van der Waals surface area (Å²) in [7, 11) is 0. The van der Waals surface area contributed by atoms with Gasteiger partial charge in [-0.25, -0.2) is 0 Å². The Balaban J connectivity index is 1.91. The normalized spacial score (nSPS) is 27.6. The molecule has 2 unspecified atom stereocenters. The van der Waals surface area contributed by atoms with Crippen LogP contribution in [0.1, 0.15) is 25.8 Å². The van der Waals surface area contributed by atoms with Crippen LogP contribution >= 0.6 is 0 Å². The van der Waals surface area contributed by atoms with E-state index in [0.29, 0.717) is 0 Å². The van der Waals surface area contributed by atoms with Crippen molar-refractivity contribution in [2.45, 2.75) is 44.9 Å². The lowest BCUT2D eigenvalue weighted by Crippen LogP contribution is -2.62. The monoisotopic (exact) mass is 249 g/mol. The van der Waals surface area contributed by atoms with Crippen LogP contribution < -0.4 is 5.32 Å². The van der Waals surface area contributed by atoms with E-state index < -0.39 is 0 Å². The molecule has 0 aliphatic heterocycles. The van der Waals surface area contributed by atoms with Crippen LogP contribution in [-0.4, -0.2) is 35.0 Å². The van der Waals surface area contributed by atoms with Crippen molar-refractivity contribution in [1.82, 2.24) is 5.32 Å². The summed E-state index contributed by atoms with van der Waals surface area (Å²) in [5.74, 6) is 0. The number of hydrogen-bond acceptors (Lipinski definition) is 3. The van der Waals surface area contributed by atoms with Gasteiger partial charge in [-0.3, -0.25) is 0 Å². The third-order valence-corrected chi connectivity index (χ3v) is 4.20. The number of aliphatic hydroxyl groups is 2. The zero-order valence-electron chi connectivity index (χ0n) is 11.1. The van der Waals surface area contributed by atoms with Gasteiger partial charge in [0.15, 0.2) is 0 Å². The van der Waals surface area contributed by atoms with E-state index >= 15 is 0 Å². The highest BCUT2D eigenvalue weighted by Crippen LogP contribution is 2.40. The van der Waals surface area contributed by atoms with Crippen LogP contribution in [0.3, 0.4) is 0 Å². The fraction of sp³-hybridized carbons (Fsp3) is 0.600. The molecule has 0 amide bonds. The van der Waals surface area contributed by atoms with Crippen molar-refractivity contribution in [1.29, 1.82) is 0 Å². The predicted molar refractivity (Wildman–Crippen MR) is 72.3 cm³/mol. The van der Waals surface area contributed by atoms with Gasteiger partial charge >= 0.3 is 0 Å². The van der Waals surface area contributed by atoms with E-state index in [1.54, 1.807) is 0 Å². The molecule has 1 aromatic carbocycles. The van der Waals surface area contributed by atoms with Crippen molar-refractivity contribution >= 4 is 0 Å². The molecule has 0 radical (unpaired) electrons. The summed E-state index contributed by atoms with van der Waals surface area (Å²) in [5, 5.41) is 22.6. The van der Waals surface area contributed by atoms with Crippen LogP contribution in [0, 0.1) is 5.41 Å². The van der Waals surface area contributed by atoms with Gasteiger partial charge in [0, 0.05) is 17.5 Å². The second-order valence-electron chi connectivity index (χ2n) is 5.86. The van der Waals surface area contributed by atoms with E-state index in [9.17, 15) is 10.2 Å². The van der Waals surface area contributed by atoms with Gasteiger partial charge in [-0.15, -0.1) is 0 Å². The molecule has 0 heterocycles. The summed E-state index contributed by atoms with van der Waals surface area (Å²) < 4.78 is 0. The third-order valence-electron chi connectivity index (χ3n) is 4.20. The molecule has 1 aliphatic carbocycles. The SMILES string of the molecule is CC1(C)C(O)CC1N[C@H](CO)Cc1ccccc1. The zero-order chi connectivity index (χ0) is 13.2. The van der Waals surface area contributed by atoms with Crippen LogP contribution in [-0.2, 0) is 6.42 Å². The van der Waals surface area contributed by atoms with Gasteiger partial charge in [-0.05, 0) is 18.4 Å². The minimum atomic E-state index is -0.230. The lowest BCUT2D eigenvalue weighted by molar-refractivity contribution is -0.0775. The standard InChI is InChI=1S/C15H23NO2/c1-15(2)13(9-14(15)18)16-12(10-17)8-11-6-4-3-5-7-11/h3-7,12-14,16-18H,8-10H2,1-2H3/t12-,13?,14?/m0/s1. The second kappa shape index (κ2) is 5.39. The van der Waals surface area contributed by atoms with E-state index in [0.717, 1.165) is 12.8 Å². The third kappa shape index (κ3) is 2.74. The van der Waals surface area contributed by atoms with E-state index in [1.807, 2.05) is 18.2 Å². The van der Waals surface area contributed by atoms with Crippen LogP contribution in [0.15, 0.2) is 30.3 Å². The minimum Gasteiger partial charge on any atom is -0.395 e. The highest BCUT2D eigenvalue weighted by atomic mass is 16.3. The molecule has 0 saturated heterocycles. The Kier molecular flexibility index (Phi) is 4.05. The first-order valence-electron chi connectivity index (χ1n) is 6.63. The fourth-order valence-corrected chi connectivity index (χ4v) is 2.54. The summed E-state index contributed by atoms with van der Waals surface area (Å²) in [5.41, 5.74) is 1.13. The Morgan fingerprint density at radius 3 is 2.50 bits per heavy atom. The van der Waals surface area contributed by atoms with Gasteiger partial charge < -0.3 is 15.5 Å². The second-order valence-corrected chi connectivity index (χ2v) is 5.86. The average molecular weight is 249 g/mol. The smallest absolute Gasteiger partial charge is 0.0621 e. The molecule has 1 aliphatic rings. The van der Waals surface area contributed by atoms with Crippen LogP contribution in [0.25, 0.3) is 0 Å². The Morgan fingerprint density at radius 1 is 1.33 bits per heavy atom. The molecule has 3 atom stereocenters. The van der Waals surface area contributed by atoms with E-state index in [-0.39, 0.29) is 30.2 Å². The van der Waals surface area contributed by atoms with Gasteiger partial charge in [-0.2, -0.15) is 0 Å². The Hall–Kier alpha value is -0.900. The lowest BCUT2D eigenvalue weighted by atomic mass is 9.64. The Morgan fingerprint density at radius 2 is 2.00 bits per heavy atom. The largest absolute Gasteiger partial charge is 0.395 e. The molecule has 3 heteroatoms. The van der Waals surface area contributed by atoms with E-state index in [2.05, 4.69) is 31.3 Å². The predicted octanol–water partition coefficient (Wildman–Crippen LogP) is 1.34. The number of hydrogen-bond donors (Lipinski definition) is 3. The molecule has 18 heavy (non-hydrogen) atoms. The van der Waals surface area contributed by atoms with Crippen molar-refractivity contribution in [2.24, 2.45) is 5.41 Å². The topological polar surface area (TPSA) is 52.5 Å². The van der Waals surface area contributed by atoms with E-state index in [1.165, 1.54) is 5.56 Å². The molecular weight excluding hydrogens is 226 g/mol. The fourth-order valence-electron chi connectivity index (χ4n) is 2.54. The Bertz CT molecular complexity index is 377. The van der Waals surface area contributed by atoms with Crippen molar-refractivity contribution in [3.63, 3.8) is 0 Å². The summed E-state index contributed by atoms with van der Waals surface area (Å²) in [6, 6.07) is 10.5. The summed E-state index contributed by atoms with van der Waals surface area (Å²) in [4.78, 5) is 0. The quantitative estimate of drug-likeness (QED) is 0.738.